The Kier molecular flexibility index (Phi) is 6.12. The standard InChI is InChI=1S/C22H30N6O/c1-2-23-22(25-15-17-11-12-28(27-17)18-7-3-4-8-18)24-14-16-13-21(29)26-20-10-6-5-9-19(16)20/h5-6,9-12,16,18H,2-4,7-8,13-15H2,1H3,(H,26,29)(H2,23,24,25). The minimum absolute atomic E-state index is 0.0647. The lowest BCUT2D eigenvalue weighted by molar-refractivity contribution is -0.116. The molecule has 1 aromatic carbocycles. The van der Waals surface area contributed by atoms with Gasteiger partial charge in [-0.1, -0.05) is 31.0 Å². The van der Waals surface area contributed by atoms with Gasteiger partial charge in [-0.05, 0) is 37.5 Å². The van der Waals surface area contributed by atoms with Crippen molar-refractivity contribution in [1.82, 2.24) is 20.4 Å². The van der Waals surface area contributed by atoms with Crippen LogP contribution < -0.4 is 16.0 Å². The Labute approximate surface area is 172 Å². The highest BCUT2D eigenvalue weighted by Gasteiger charge is 2.24. The Morgan fingerprint density at radius 1 is 1.24 bits per heavy atom. The summed E-state index contributed by atoms with van der Waals surface area (Å²) in [4.78, 5) is 16.7. The number of guanidine groups is 1. The summed E-state index contributed by atoms with van der Waals surface area (Å²) >= 11 is 0. The van der Waals surface area contributed by atoms with Crippen molar-refractivity contribution in [2.75, 3.05) is 18.4 Å². The van der Waals surface area contributed by atoms with Crippen LogP contribution in [0.15, 0.2) is 41.5 Å². The summed E-state index contributed by atoms with van der Waals surface area (Å²) in [7, 11) is 0. The van der Waals surface area contributed by atoms with E-state index in [-0.39, 0.29) is 11.8 Å². The fourth-order valence-electron chi connectivity index (χ4n) is 4.24. The number of carbonyl (C=O) groups is 1. The van der Waals surface area contributed by atoms with Gasteiger partial charge in [0.15, 0.2) is 5.96 Å². The van der Waals surface area contributed by atoms with Gasteiger partial charge in [0.25, 0.3) is 0 Å². The van der Waals surface area contributed by atoms with Crippen LogP contribution in [-0.2, 0) is 11.3 Å². The molecule has 2 aromatic rings. The number of nitrogens with zero attached hydrogens (tertiary/aromatic N) is 3. The molecule has 154 valence electrons. The highest BCUT2D eigenvalue weighted by atomic mass is 16.1. The van der Waals surface area contributed by atoms with Gasteiger partial charge in [-0.3, -0.25) is 9.48 Å². The van der Waals surface area contributed by atoms with Gasteiger partial charge in [0.2, 0.25) is 5.91 Å². The predicted molar refractivity (Wildman–Crippen MR) is 115 cm³/mol. The van der Waals surface area contributed by atoms with Gasteiger partial charge in [0.05, 0.1) is 18.3 Å². The van der Waals surface area contributed by atoms with Gasteiger partial charge >= 0.3 is 0 Å². The second kappa shape index (κ2) is 9.11. The highest BCUT2D eigenvalue weighted by Crippen LogP contribution is 2.31. The first-order valence-electron chi connectivity index (χ1n) is 10.7. The van der Waals surface area contributed by atoms with E-state index < -0.39 is 0 Å². The third-order valence-corrected chi connectivity index (χ3v) is 5.73. The molecule has 1 aliphatic heterocycles. The number of fused-ring (bicyclic) bond motifs is 1. The average molecular weight is 395 g/mol. The van der Waals surface area contributed by atoms with Gasteiger partial charge in [0.1, 0.15) is 0 Å². The predicted octanol–water partition coefficient (Wildman–Crippen LogP) is 3.18. The molecule has 1 fully saturated rings. The van der Waals surface area contributed by atoms with Crippen molar-refractivity contribution in [3.63, 3.8) is 0 Å². The number of hydrogen-bond acceptors (Lipinski definition) is 3. The number of hydrogen-bond donors (Lipinski definition) is 3. The third kappa shape index (κ3) is 4.78. The minimum Gasteiger partial charge on any atom is -0.357 e. The van der Waals surface area contributed by atoms with Crippen LogP contribution in [-0.4, -0.2) is 34.7 Å². The van der Waals surface area contributed by atoms with E-state index in [1.54, 1.807) is 0 Å². The zero-order chi connectivity index (χ0) is 20.1. The molecule has 0 saturated heterocycles. The Morgan fingerprint density at radius 2 is 2.07 bits per heavy atom. The lowest BCUT2D eigenvalue weighted by Crippen LogP contribution is -2.40. The van der Waals surface area contributed by atoms with E-state index in [0.29, 0.717) is 25.6 Å². The number of para-hydroxylation sites is 1. The van der Waals surface area contributed by atoms with Crippen molar-refractivity contribution in [3.8, 4) is 0 Å². The molecule has 3 N–H and O–H groups in total. The molecule has 1 atom stereocenters. The Balaban J connectivity index is 1.38. The van der Waals surface area contributed by atoms with Crippen molar-refractivity contribution in [1.29, 1.82) is 0 Å². The molecule has 7 heteroatoms. The second-order valence-electron chi connectivity index (χ2n) is 7.84. The van der Waals surface area contributed by atoms with Gasteiger partial charge < -0.3 is 16.0 Å². The van der Waals surface area contributed by atoms with Crippen LogP contribution in [0.2, 0.25) is 0 Å². The molecule has 1 aliphatic carbocycles. The lowest BCUT2D eigenvalue weighted by Gasteiger charge is -2.26. The van der Waals surface area contributed by atoms with E-state index in [4.69, 9.17) is 10.1 Å². The molecule has 1 amide bonds. The summed E-state index contributed by atoms with van der Waals surface area (Å²) in [6, 6.07) is 10.6. The normalized spacial score (nSPS) is 19.7. The van der Waals surface area contributed by atoms with Gasteiger partial charge in [-0.25, -0.2) is 4.99 Å². The van der Waals surface area contributed by atoms with E-state index in [1.807, 2.05) is 18.2 Å². The highest BCUT2D eigenvalue weighted by molar-refractivity contribution is 5.94. The molecule has 29 heavy (non-hydrogen) atoms. The first-order valence-corrected chi connectivity index (χ1v) is 10.7. The van der Waals surface area contributed by atoms with E-state index in [1.165, 1.54) is 31.2 Å². The van der Waals surface area contributed by atoms with Crippen LogP contribution in [0.1, 0.15) is 62.2 Å². The second-order valence-corrected chi connectivity index (χ2v) is 7.84. The number of nitrogens with one attached hydrogen (secondary N) is 3. The Morgan fingerprint density at radius 3 is 2.90 bits per heavy atom. The maximum absolute atomic E-state index is 12.0. The van der Waals surface area contributed by atoms with Gasteiger partial charge in [-0.2, -0.15) is 5.10 Å². The van der Waals surface area contributed by atoms with Crippen LogP contribution in [0.4, 0.5) is 5.69 Å². The van der Waals surface area contributed by atoms with E-state index in [9.17, 15) is 4.79 Å². The van der Waals surface area contributed by atoms with E-state index >= 15 is 0 Å². The molecule has 2 aliphatic rings. The fourth-order valence-corrected chi connectivity index (χ4v) is 4.24. The molecule has 4 rings (SSSR count). The Bertz CT molecular complexity index is 868. The first-order chi connectivity index (χ1) is 14.2. The number of rotatable bonds is 6. The van der Waals surface area contributed by atoms with E-state index in [0.717, 1.165) is 23.9 Å². The largest absolute Gasteiger partial charge is 0.357 e. The van der Waals surface area contributed by atoms with Crippen molar-refractivity contribution in [2.45, 2.75) is 57.5 Å². The van der Waals surface area contributed by atoms with Crippen LogP contribution >= 0.6 is 0 Å². The summed E-state index contributed by atoms with van der Waals surface area (Å²) < 4.78 is 2.11. The maximum Gasteiger partial charge on any atom is 0.225 e. The van der Waals surface area contributed by atoms with Crippen molar-refractivity contribution in [2.24, 2.45) is 4.99 Å². The molecular weight excluding hydrogens is 364 g/mol. The van der Waals surface area contributed by atoms with Crippen LogP contribution in [0.3, 0.4) is 0 Å². The number of aliphatic imine (C=N–C) groups is 1. The average Bonchev–Trinajstić information content (AvgIpc) is 3.41. The molecule has 7 nitrogen and oxygen atoms in total. The monoisotopic (exact) mass is 394 g/mol. The molecule has 0 bridgehead atoms. The lowest BCUT2D eigenvalue weighted by atomic mass is 9.90. The van der Waals surface area contributed by atoms with Crippen molar-refractivity contribution >= 4 is 17.6 Å². The van der Waals surface area contributed by atoms with E-state index in [2.05, 4.69) is 45.9 Å². The minimum atomic E-state index is 0.0647. The summed E-state index contributed by atoms with van der Waals surface area (Å²) in [5, 5.41) is 14.4. The number of aromatic nitrogens is 2. The quantitative estimate of drug-likeness (QED) is 0.519. The van der Waals surface area contributed by atoms with Crippen molar-refractivity contribution in [3.05, 3.63) is 47.8 Å². The molecular formula is C22H30N6O. The zero-order valence-corrected chi connectivity index (χ0v) is 17.0. The van der Waals surface area contributed by atoms with Gasteiger partial charge in [-0.15, -0.1) is 0 Å². The Hall–Kier alpha value is -2.83. The van der Waals surface area contributed by atoms with Crippen LogP contribution in [0, 0.1) is 0 Å². The number of amides is 1. The fraction of sp³-hybridized carbons (Fsp3) is 0.500. The van der Waals surface area contributed by atoms with Gasteiger partial charge in [0, 0.05) is 37.3 Å². The molecule has 0 radical (unpaired) electrons. The number of anilines is 1. The number of benzene rings is 1. The molecule has 2 heterocycles. The number of carbonyl (C=O) groups excluding carboxylic acids is 1. The summed E-state index contributed by atoms with van der Waals surface area (Å²) in [5.41, 5.74) is 3.07. The molecule has 1 saturated carbocycles. The third-order valence-electron chi connectivity index (χ3n) is 5.73. The molecule has 1 unspecified atom stereocenters. The molecule has 0 spiro atoms. The summed E-state index contributed by atoms with van der Waals surface area (Å²) in [6.45, 7) is 4.03. The smallest absolute Gasteiger partial charge is 0.225 e. The SMILES string of the molecule is CCNC(=NCc1ccn(C2CCCC2)n1)NCC1CC(=O)Nc2ccccc21. The first kappa shape index (κ1) is 19.5. The summed E-state index contributed by atoms with van der Waals surface area (Å²) in [5.74, 6) is 0.951. The molecule has 1 aromatic heterocycles. The van der Waals surface area contributed by atoms with Crippen LogP contribution in [0.5, 0.6) is 0 Å². The van der Waals surface area contributed by atoms with Crippen LogP contribution in [0.25, 0.3) is 0 Å². The maximum atomic E-state index is 12.0. The zero-order valence-electron chi connectivity index (χ0n) is 17.0. The topological polar surface area (TPSA) is 83.3 Å². The van der Waals surface area contributed by atoms with Crippen molar-refractivity contribution < 1.29 is 4.79 Å². The summed E-state index contributed by atoms with van der Waals surface area (Å²) in [6.07, 6.45) is 7.62.